The van der Waals surface area contributed by atoms with Gasteiger partial charge in [-0.1, -0.05) is 0 Å². The summed E-state index contributed by atoms with van der Waals surface area (Å²) in [4.78, 5) is 25.1. The van der Waals surface area contributed by atoms with E-state index in [4.69, 9.17) is 0 Å². The highest BCUT2D eigenvalue weighted by molar-refractivity contribution is 5.78. The Morgan fingerprint density at radius 1 is 1.15 bits per heavy atom. The van der Waals surface area contributed by atoms with Crippen molar-refractivity contribution >= 4 is 17.7 Å². The summed E-state index contributed by atoms with van der Waals surface area (Å²) in [7, 11) is 0. The fourth-order valence-corrected chi connectivity index (χ4v) is 3.57. The molecule has 0 unspecified atom stereocenters. The zero-order chi connectivity index (χ0) is 19.8. The van der Waals surface area contributed by atoms with Crippen molar-refractivity contribution in [3.63, 3.8) is 0 Å². The molecule has 1 aromatic rings. The number of anilines is 2. The molecule has 0 spiro atoms. The van der Waals surface area contributed by atoms with Gasteiger partial charge in [0.25, 0.3) is 0 Å². The standard InChI is InChI=1S/C20H36N6O/c1-15(2)26(16(3)4)13-10-21-18-14-17(5)23-20(24-18)22-9-7-12-25-11-6-8-19(25)27/h14-16H,6-13H2,1-5H3,(H2,21,22,23,24). The summed E-state index contributed by atoms with van der Waals surface area (Å²) in [5, 5.41) is 6.71. The fraction of sp³-hybridized carbons (Fsp3) is 0.750. The zero-order valence-electron chi connectivity index (χ0n) is 17.6. The third-order valence-corrected chi connectivity index (χ3v) is 4.92. The maximum atomic E-state index is 11.6. The SMILES string of the molecule is Cc1cc(NCCN(C(C)C)C(C)C)nc(NCCCN2CCCC2=O)n1. The van der Waals surface area contributed by atoms with Crippen LogP contribution in [-0.4, -0.2) is 70.5 Å². The molecule has 0 aliphatic carbocycles. The van der Waals surface area contributed by atoms with Crippen LogP contribution in [0.5, 0.6) is 0 Å². The summed E-state index contributed by atoms with van der Waals surface area (Å²) in [5.41, 5.74) is 0.939. The van der Waals surface area contributed by atoms with Gasteiger partial charge in [-0.15, -0.1) is 0 Å². The molecule has 0 bridgehead atoms. The summed E-state index contributed by atoms with van der Waals surface area (Å²) in [6.07, 6.45) is 2.60. The molecule has 0 radical (unpaired) electrons. The van der Waals surface area contributed by atoms with E-state index in [0.717, 1.165) is 57.1 Å². The van der Waals surface area contributed by atoms with E-state index >= 15 is 0 Å². The van der Waals surface area contributed by atoms with Crippen molar-refractivity contribution in [2.75, 3.05) is 43.4 Å². The number of likely N-dealkylation sites (tertiary alicyclic amines) is 1. The molecule has 1 saturated heterocycles. The summed E-state index contributed by atoms with van der Waals surface area (Å²) in [6.45, 7) is 15.2. The highest BCUT2D eigenvalue weighted by atomic mass is 16.2. The maximum Gasteiger partial charge on any atom is 0.224 e. The maximum absolute atomic E-state index is 11.6. The fourth-order valence-electron chi connectivity index (χ4n) is 3.57. The van der Waals surface area contributed by atoms with E-state index in [1.165, 1.54) is 0 Å². The predicted molar refractivity (Wildman–Crippen MR) is 111 cm³/mol. The molecule has 0 atom stereocenters. The van der Waals surface area contributed by atoms with Crippen molar-refractivity contribution in [3.8, 4) is 0 Å². The van der Waals surface area contributed by atoms with Crippen LogP contribution in [0.3, 0.4) is 0 Å². The second-order valence-electron chi connectivity index (χ2n) is 7.83. The molecule has 2 N–H and O–H groups in total. The number of nitrogens with zero attached hydrogens (tertiary/aromatic N) is 4. The monoisotopic (exact) mass is 376 g/mol. The molecule has 152 valence electrons. The van der Waals surface area contributed by atoms with Crippen molar-refractivity contribution in [1.82, 2.24) is 19.8 Å². The molecule has 0 saturated carbocycles. The minimum absolute atomic E-state index is 0.283. The number of hydrogen-bond donors (Lipinski definition) is 2. The van der Waals surface area contributed by atoms with Gasteiger partial charge in [-0.3, -0.25) is 9.69 Å². The van der Waals surface area contributed by atoms with Crippen LogP contribution in [0, 0.1) is 6.92 Å². The highest BCUT2D eigenvalue weighted by Gasteiger charge is 2.19. The van der Waals surface area contributed by atoms with E-state index in [9.17, 15) is 4.79 Å². The highest BCUT2D eigenvalue weighted by Crippen LogP contribution is 2.12. The number of carbonyl (C=O) groups excluding carboxylic acids is 1. The first kappa shape index (κ1) is 21.4. The van der Waals surface area contributed by atoms with Crippen LogP contribution in [0.1, 0.15) is 52.7 Å². The number of amides is 1. The molecule has 1 aliphatic rings. The lowest BCUT2D eigenvalue weighted by molar-refractivity contribution is -0.127. The van der Waals surface area contributed by atoms with Crippen LogP contribution in [0.4, 0.5) is 11.8 Å². The Morgan fingerprint density at radius 2 is 1.89 bits per heavy atom. The first-order chi connectivity index (χ1) is 12.9. The Hall–Kier alpha value is -1.89. The number of carbonyl (C=O) groups is 1. The Labute approximate surface area is 163 Å². The van der Waals surface area contributed by atoms with Gasteiger partial charge >= 0.3 is 0 Å². The third-order valence-electron chi connectivity index (χ3n) is 4.92. The van der Waals surface area contributed by atoms with Crippen LogP contribution in [0.25, 0.3) is 0 Å². The molecule has 1 aromatic heterocycles. The van der Waals surface area contributed by atoms with Crippen LogP contribution in [0.15, 0.2) is 6.07 Å². The van der Waals surface area contributed by atoms with Gasteiger partial charge in [0.05, 0.1) is 0 Å². The molecule has 7 nitrogen and oxygen atoms in total. The van der Waals surface area contributed by atoms with Gasteiger partial charge in [-0.2, -0.15) is 4.98 Å². The molecule has 1 amide bonds. The van der Waals surface area contributed by atoms with Gasteiger partial charge in [0.15, 0.2) is 0 Å². The van der Waals surface area contributed by atoms with Crippen molar-refractivity contribution in [2.45, 2.75) is 66.0 Å². The van der Waals surface area contributed by atoms with Gasteiger partial charge in [0.2, 0.25) is 11.9 Å². The van der Waals surface area contributed by atoms with E-state index in [1.807, 2.05) is 17.9 Å². The number of rotatable bonds is 11. The second-order valence-corrected chi connectivity index (χ2v) is 7.83. The molecule has 1 fully saturated rings. The number of aromatic nitrogens is 2. The van der Waals surface area contributed by atoms with Gasteiger partial charge in [0, 0.05) is 63.0 Å². The van der Waals surface area contributed by atoms with Crippen LogP contribution in [0.2, 0.25) is 0 Å². The largest absolute Gasteiger partial charge is 0.369 e. The summed E-state index contributed by atoms with van der Waals surface area (Å²) >= 11 is 0. The summed E-state index contributed by atoms with van der Waals surface area (Å²) in [5.74, 6) is 1.78. The van der Waals surface area contributed by atoms with Crippen LogP contribution >= 0.6 is 0 Å². The second kappa shape index (κ2) is 10.4. The Bertz CT molecular complexity index is 596. The Morgan fingerprint density at radius 3 is 2.52 bits per heavy atom. The van der Waals surface area contributed by atoms with E-state index in [1.54, 1.807) is 0 Å². The number of hydrogen-bond acceptors (Lipinski definition) is 6. The molecule has 1 aliphatic heterocycles. The minimum atomic E-state index is 0.283. The molecular weight excluding hydrogens is 340 g/mol. The molecule has 7 heteroatoms. The lowest BCUT2D eigenvalue weighted by atomic mass is 10.2. The minimum Gasteiger partial charge on any atom is -0.369 e. The smallest absolute Gasteiger partial charge is 0.224 e. The molecule has 2 heterocycles. The van der Waals surface area contributed by atoms with Gasteiger partial charge < -0.3 is 15.5 Å². The summed E-state index contributed by atoms with van der Waals surface area (Å²) < 4.78 is 0. The lowest BCUT2D eigenvalue weighted by Crippen LogP contribution is -2.40. The van der Waals surface area contributed by atoms with Crippen molar-refractivity contribution in [2.24, 2.45) is 0 Å². The topological polar surface area (TPSA) is 73.4 Å². The van der Waals surface area contributed by atoms with Crippen molar-refractivity contribution in [1.29, 1.82) is 0 Å². The molecule has 27 heavy (non-hydrogen) atoms. The van der Waals surface area contributed by atoms with Crippen LogP contribution in [-0.2, 0) is 4.79 Å². The Kier molecular flexibility index (Phi) is 8.28. The quantitative estimate of drug-likeness (QED) is 0.579. The van der Waals surface area contributed by atoms with E-state index < -0.39 is 0 Å². The number of nitrogens with one attached hydrogen (secondary N) is 2. The summed E-state index contributed by atoms with van der Waals surface area (Å²) in [6, 6.07) is 3.03. The molecule has 2 rings (SSSR count). The first-order valence-electron chi connectivity index (χ1n) is 10.2. The first-order valence-corrected chi connectivity index (χ1v) is 10.2. The lowest BCUT2D eigenvalue weighted by Gasteiger charge is -2.30. The Balaban J connectivity index is 1.78. The van der Waals surface area contributed by atoms with Gasteiger partial charge in [-0.05, 0) is 47.5 Å². The van der Waals surface area contributed by atoms with Crippen LogP contribution < -0.4 is 10.6 Å². The van der Waals surface area contributed by atoms with E-state index in [2.05, 4.69) is 53.2 Å². The molecule has 0 aromatic carbocycles. The predicted octanol–water partition coefficient (Wildman–Crippen LogP) is 2.74. The van der Waals surface area contributed by atoms with E-state index in [0.29, 0.717) is 24.5 Å². The third kappa shape index (κ3) is 6.97. The van der Waals surface area contributed by atoms with Gasteiger partial charge in [0.1, 0.15) is 5.82 Å². The average Bonchev–Trinajstić information content (AvgIpc) is 2.99. The normalized spacial score (nSPS) is 14.7. The van der Waals surface area contributed by atoms with Crippen molar-refractivity contribution in [3.05, 3.63) is 11.8 Å². The number of aryl methyl sites for hydroxylation is 1. The average molecular weight is 377 g/mol. The zero-order valence-corrected chi connectivity index (χ0v) is 17.6. The van der Waals surface area contributed by atoms with E-state index in [-0.39, 0.29) is 5.91 Å². The van der Waals surface area contributed by atoms with Gasteiger partial charge in [-0.25, -0.2) is 4.98 Å². The molecular formula is C20H36N6O. The van der Waals surface area contributed by atoms with Crippen molar-refractivity contribution < 1.29 is 4.79 Å².